The maximum atomic E-state index is 12.7. The van der Waals surface area contributed by atoms with Gasteiger partial charge in [0.15, 0.2) is 0 Å². The standard InChI is InChI=1S/C17H19N3O5S/c1-10-8-15(20(22)23)9-17(12(10)3)26(24,25)19-14-5-6-16(11(2)7-14)18-13(4)21/h5-9,19H,1-4H3,(H,18,21). The van der Waals surface area contributed by atoms with Crippen molar-refractivity contribution in [2.45, 2.75) is 32.6 Å². The fraction of sp³-hybridized carbons (Fsp3) is 0.235. The van der Waals surface area contributed by atoms with Gasteiger partial charge in [-0.2, -0.15) is 0 Å². The van der Waals surface area contributed by atoms with Crippen molar-refractivity contribution in [1.29, 1.82) is 0 Å². The first-order chi connectivity index (χ1) is 12.0. The van der Waals surface area contributed by atoms with Gasteiger partial charge in [-0.3, -0.25) is 19.6 Å². The average molecular weight is 377 g/mol. The lowest BCUT2D eigenvalue weighted by molar-refractivity contribution is -0.385. The molecule has 0 aliphatic rings. The van der Waals surface area contributed by atoms with Crippen molar-refractivity contribution in [3.8, 4) is 0 Å². The van der Waals surface area contributed by atoms with Gasteiger partial charge >= 0.3 is 0 Å². The summed E-state index contributed by atoms with van der Waals surface area (Å²) in [5.74, 6) is -0.232. The predicted molar refractivity (Wildman–Crippen MR) is 98.9 cm³/mol. The number of hydrogen-bond donors (Lipinski definition) is 2. The van der Waals surface area contributed by atoms with Crippen LogP contribution in [-0.2, 0) is 14.8 Å². The normalized spacial score (nSPS) is 11.1. The monoisotopic (exact) mass is 377 g/mol. The van der Waals surface area contributed by atoms with Gasteiger partial charge in [0.05, 0.1) is 9.82 Å². The second-order valence-corrected chi connectivity index (χ2v) is 7.61. The highest BCUT2D eigenvalue weighted by molar-refractivity contribution is 7.92. The Balaban J connectivity index is 2.42. The zero-order valence-corrected chi connectivity index (χ0v) is 15.6. The molecule has 0 unspecified atom stereocenters. The molecular formula is C17H19N3O5S. The number of non-ortho nitro benzene ring substituents is 1. The molecule has 0 bridgehead atoms. The van der Waals surface area contributed by atoms with Crippen LogP contribution in [0.5, 0.6) is 0 Å². The van der Waals surface area contributed by atoms with Crippen LogP contribution in [-0.4, -0.2) is 19.2 Å². The smallest absolute Gasteiger partial charge is 0.271 e. The number of rotatable bonds is 5. The zero-order chi connectivity index (χ0) is 19.6. The topological polar surface area (TPSA) is 118 Å². The summed E-state index contributed by atoms with van der Waals surface area (Å²) < 4.78 is 27.9. The number of nitro benzene ring substituents is 1. The Morgan fingerprint density at radius 2 is 1.73 bits per heavy atom. The maximum absolute atomic E-state index is 12.7. The Morgan fingerprint density at radius 3 is 2.27 bits per heavy atom. The van der Waals surface area contributed by atoms with Crippen molar-refractivity contribution in [1.82, 2.24) is 0 Å². The molecule has 0 saturated carbocycles. The molecule has 2 rings (SSSR count). The van der Waals surface area contributed by atoms with Crippen LogP contribution in [0.25, 0.3) is 0 Å². The number of nitrogens with one attached hydrogen (secondary N) is 2. The van der Waals surface area contributed by atoms with E-state index < -0.39 is 14.9 Å². The van der Waals surface area contributed by atoms with Crippen molar-refractivity contribution in [2.75, 3.05) is 10.0 Å². The lowest BCUT2D eigenvalue weighted by Crippen LogP contribution is -2.15. The third-order valence-corrected chi connectivity index (χ3v) is 5.40. The molecule has 0 aliphatic heterocycles. The molecule has 0 fully saturated rings. The molecule has 0 spiro atoms. The molecule has 2 aromatic carbocycles. The average Bonchev–Trinajstić information content (AvgIpc) is 2.51. The Hall–Kier alpha value is -2.94. The third-order valence-electron chi connectivity index (χ3n) is 3.89. The highest BCUT2D eigenvalue weighted by Crippen LogP contribution is 2.28. The highest BCUT2D eigenvalue weighted by atomic mass is 32.2. The molecule has 0 aromatic heterocycles. The molecule has 138 valence electrons. The van der Waals surface area contributed by atoms with Gasteiger partial charge in [-0.25, -0.2) is 8.42 Å². The number of aryl methyl sites for hydroxylation is 2. The summed E-state index contributed by atoms with van der Waals surface area (Å²) in [6.45, 7) is 6.32. The van der Waals surface area contributed by atoms with Crippen LogP contribution in [0.1, 0.15) is 23.6 Å². The first kappa shape index (κ1) is 19.4. The molecule has 0 atom stereocenters. The summed E-state index contributed by atoms with van der Waals surface area (Å²) in [5.41, 5.74) is 2.20. The summed E-state index contributed by atoms with van der Waals surface area (Å²) in [6.07, 6.45) is 0. The summed E-state index contributed by atoms with van der Waals surface area (Å²) in [7, 11) is -4.02. The van der Waals surface area contributed by atoms with Gasteiger partial charge in [-0.1, -0.05) is 0 Å². The minimum atomic E-state index is -4.02. The summed E-state index contributed by atoms with van der Waals surface area (Å²) in [5, 5.41) is 13.7. The molecule has 9 heteroatoms. The number of hydrogen-bond acceptors (Lipinski definition) is 5. The van der Waals surface area contributed by atoms with Gasteiger partial charge in [0.25, 0.3) is 15.7 Å². The van der Waals surface area contributed by atoms with Gasteiger partial charge in [0, 0.05) is 30.4 Å². The SMILES string of the molecule is CC(=O)Nc1ccc(NS(=O)(=O)c2cc([N+](=O)[O-])cc(C)c2C)cc1C. The fourth-order valence-corrected chi connectivity index (χ4v) is 3.85. The van der Waals surface area contributed by atoms with Gasteiger partial charge in [-0.15, -0.1) is 0 Å². The number of benzene rings is 2. The summed E-state index contributed by atoms with van der Waals surface area (Å²) in [6, 6.07) is 7.04. The maximum Gasteiger partial charge on any atom is 0.271 e. The van der Waals surface area contributed by atoms with Gasteiger partial charge in [-0.05, 0) is 55.7 Å². The van der Waals surface area contributed by atoms with Crippen molar-refractivity contribution < 1.29 is 18.1 Å². The molecule has 0 heterocycles. The first-order valence-electron chi connectivity index (χ1n) is 7.68. The summed E-state index contributed by atoms with van der Waals surface area (Å²) >= 11 is 0. The van der Waals surface area contributed by atoms with E-state index in [1.165, 1.54) is 19.1 Å². The molecule has 2 aromatic rings. The molecule has 26 heavy (non-hydrogen) atoms. The second kappa shape index (κ2) is 7.12. The number of carbonyl (C=O) groups is 1. The zero-order valence-electron chi connectivity index (χ0n) is 14.8. The largest absolute Gasteiger partial charge is 0.326 e. The van der Waals surface area contributed by atoms with Crippen LogP contribution < -0.4 is 10.0 Å². The molecule has 0 saturated heterocycles. The van der Waals surface area contributed by atoms with E-state index in [9.17, 15) is 23.3 Å². The van der Waals surface area contributed by atoms with Crippen LogP contribution in [0.2, 0.25) is 0 Å². The molecule has 0 radical (unpaired) electrons. The van der Waals surface area contributed by atoms with Crippen molar-refractivity contribution in [3.63, 3.8) is 0 Å². The number of carbonyl (C=O) groups excluding carboxylic acids is 1. The van der Waals surface area contributed by atoms with Gasteiger partial charge in [0.2, 0.25) is 5.91 Å². The Bertz CT molecular complexity index is 1000. The van der Waals surface area contributed by atoms with Crippen LogP contribution >= 0.6 is 0 Å². The van der Waals surface area contributed by atoms with E-state index in [0.29, 0.717) is 28.1 Å². The van der Waals surface area contributed by atoms with Crippen LogP contribution in [0, 0.1) is 30.9 Å². The number of nitrogens with zero attached hydrogens (tertiary/aromatic N) is 1. The van der Waals surface area contributed by atoms with E-state index in [1.807, 2.05) is 0 Å². The Kier molecular flexibility index (Phi) is 5.31. The molecule has 0 aliphatic carbocycles. The number of sulfonamides is 1. The van der Waals surface area contributed by atoms with Crippen LogP contribution in [0.4, 0.5) is 17.1 Å². The second-order valence-electron chi connectivity index (χ2n) is 5.96. The Morgan fingerprint density at radius 1 is 1.08 bits per heavy atom. The Labute approximate surface area is 151 Å². The molecular weight excluding hydrogens is 358 g/mol. The number of amides is 1. The lowest BCUT2D eigenvalue weighted by Gasteiger charge is -2.14. The number of anilines is 2. The van der Waals surface area contributed by atoms with Crippen molar-refractivity contribution in [3.05, 3.63) is 57.1 Å². The van der Waals surface area contributed by atoms with E-state index in [0.717, 1.165) is 6.07 Å². The fourth-order valence-electron chi connectivity index (χ4n) is 2.46. The third kappa shape index (κ3) is 4.17. The van der Waals surface area contributed by atoms with E-state index in [-0.39, 0.29) is 16.5 Å². The lowest BCUT2D eigenvalue weighted by atomic mass is 10.1. The van der Waals surface area contributed by atoms with E-state index in [2.05, 4.69) is 10.0 Å². The highest BCUT2D eigenvalue weighted by Gasteiger charge is 2.22. The summed E-state index contributed by atoms with van der Waals surface area (Å²) in [4.78, 5) is 21.4. The predicted octanol–water partition coefficient (Wildman–Crippen LogP) is 3.28. The van der Waals surface area contributed by atoms with Crippen molar-refractivity contribution in [2.24, 2.45) is 0 Å². The van der Waals surface area contributed by atoms with E-state index >= 15 is 0 Å². The molecule has 2 N–H and O–H groups in total. The minimum absolute atomic E-state index is 0.146. The van der Waals surface area contributed by atoms with Gasteiger partial charge < -0.3 is 5.32 Å². The van der Waals surface area contributed by atoms with Gasteiger partial charge in [0.1, 0.15) is 0 Å². The van der Waals surface area contributed by atoms with Crippen molar-refractivity contribution >= 4 is 33.0 Å². The van der Waals surface area contributed by atoms with E-state index in [4.69, 9.17) is 0 Å². The first-order valence-corrected chi connectivity index (χ1v) is 9.16. The molecule has 8 nitrogen and oxygen atoms in total. The van der Waals surface area contributed by atoms with Crippen LogP contribution in [0.15, 0.2) is 35.2 Å². The van der Waals surface area contributed by atoms with Crippen LogP contribution in [0.3, 0.4) is 0 Å². The van der Waals surface area contributed by atoms with E-state index in [1.54, 1.807) is 32.9 Å². The molecule has 1 amide bonds. The minimum Gasteiger partial charge on any atom is -0.326 e. The number of nitro groups is 1. The quantitative estimate of drug-likeness (QED) is 0.612.